The second kappa shape index (κ2) is 9.06. The lowest BCUT2D eigenvalue weighted by Crippen LogP contribution is -2.51. The molecule has 1 saturated heterocycles. The molecule has 0 unspecified atom stereocenters. The van der Waals surface area contributed by atoms with Gasteiger partial charge in [-0.2, -0.15) is 0 Å². The van der Waals surface area contributed by atoms with Crippen LogP contribution in [0.25, 0.3) is 0 Å². The zero-order valence-electron chi connectivity index (χ0n) is 13.5. The molecule has 8 nitrogen and oxygen atoms in total. The standard InChI is InChI=1S/C14H20N8S.HI/c1-2-11-19-20-12(23-11)10-18-13(15)21-6-8-22(9-7-21)14-16-4-3-5-17-14;/h3-5H,2,6-10H2,1H3,(H2,15,18);1H. The summed E-state index contributed by atoms with van der Waals surface area (Å²) in [5, 5.41) is 10.1. The van der Waals surface area contributed by atoms with Crippen LogP contribution in [0.5, 0.6) is 0 Å². The Kier molecular flexibility index (Phi) is 7.09. The molecule has 0 atom stereocenters. The maximum atomic E-state index is 6.10. The first kappa shape index (κ1) is 18.8. The van der Waals surface area contributed by atoms with Crippen molar-refractivity contribution in [2.45, 2.75) is 19.9 Å². The normalized spacial score (nSPS) is 15.3. The molecule has 0 aromatic carbocycles. The van der Waals surface area contributed by atoms with Gasteiger partial charge in [0.2, 0.25) is 5.95 Å². The number of nitrogens with zero attached hydrogens (tertiary/aromatic N) is 7. The fraction of sp³-hybridized carbons (Fsp3) is 0.500. The maximum absolute atomic E-state index is 6.10. The van der Waals surface area contributed by atoms with Gasteiger partial charge >= 0.3 is 0 Å². The van der Waals surface area contributed by atoms with E-state index in [2.05, 4.69) is 41.9 Å². The minimum Gasteiger partial charge on any atom is -0.370 e. The first-order chi connectivity index (χ1) is 11.3. The highest BCUT2D eigenvalue weighted by Gasteiger charge is 2.19. The summed E-state index contributed by atoms with van der Waals surface area (Å²) in [4.78, 5) is 17.2. The van der Waals surface area contributed by atoms with Gasteiger partial charge in [0, 0.05) is 38.6 Å². The number of piperazine rings is 1. The van der Waals surface area contributed by atoms with Crippen molar-refractivity contribution in [1.29, 1.82) is 0 Å². The van der Waals surface area contributed by atoms with Crippen molar-refractivity contribution in [1.82, 2.24) is 25.1 Å². The van der Waals surface area contributed by atoms with Crippen LogP contribution in [0, 0.1) is 0 Å². The number of rotatable bonds is 4. The van der Waals surface area contributed by atoms with Crippen LogP contribution >= 0.6 is 35.3 Å². The number of aliphatic imine (C=N–C) groups is 1. The fourth-order valence-electron chi connectivity index (χ4n) is 2.33. The van der Waals surface area contributed by atoms with Gasteiger partial charge in [-0.3, -0.25) is 0 Å². The molecule has 0 amide bonds. The van der Waals surface area contributed by atoms with Crippen LogP contribution in [-0.2, 0) is 13.0 Å². The molecule has 0 radical (unpaired) electrons. The smallest absolute Gasteiger partial charge is 0.225 e. The highest BCUT2D eigenvalue weighted by atomic mass is 127. The largest absolute Gasteiger partial charge is 0.370 e. The monoisotopic (exact) mass is 460 g/mol. The van der Waals surface area contributed by atoms with E-state index >= 15 is 0 Å². The molecule has 2 N–H and O–H groups in total. The number of nitrogens with two attached hydrogens (primary N) is 1. The summed E-state index contributed by atoms with van der Waals surface area (Å²) < 4.78 is 0. The van der Waals surface area contributed by atoms with Crippen molar-refractivity contribution in [3.63, 3.8) is 0 Å². The van der Waals surface area contributed by atoms with E-state index in [4.69, 9.17) is 5.73 Å². The number of aromatic nitrogens is 4. The predicted octanol–water partition coefficient (Wildman–Crippen LogP) is 1.15. The van der Waals surface area contributed by atoms with E-state index < -0.39 is 0 Å². The maximum Gasteiger partial charge on any atom is 0.225 e. The Labute approximate surface area is 162 Å². The minimum atomic E-state index is 0. The predicted molar refractivity (Wildman–Crippen MR) is 106 cm³/mol. The lowest BCUT2D eigenvalue weighted by atomic mass is 10.3. The molecule has 3 heterocycles. The number of hydrogen-bond acceptors (Lipinski definition) is 7. The van der Waals surface area contributed by atoms with Gasteiger partial charge in [0.25, 0.3) is 0 Å². The number of halogens is 1. The van der Waals surface area contributed by atoms with E-state index in [1.54, 1.807) is 23.7 Å². The van der Waals surface area contributed by atoms with Crippen LogP contribution in [0.15, 0.2) is 23.5 Å². The number of guanidine groups is 1. The van der Waals surface area contributed by atoms with Crippen molar-refractivity contribution < 1.29 is 0 Å². The molecule has 24 heavy (non-hydrogen) atoms. The van der Waals surface area contributed by atoms with Gasteiger partial charge < -0.3 is 15.5 Å². The SMILES string of the molecule is CCc1nnc(CN=C(N)N2CCN(c3ncccn3)CC2)s1.I. The molecule has 0 saturated carbocycles. The molecular formula is C14H21IN8S. The molecule has 1 fully saturated rings. The Bertz CT molecular complexity index is 654. The Morgan fingerprint density at radius 3 is 2.46 bits per heavy atom. The van der Waals surface area contributed by atoms with Gasteiger partial charge in [-0.25, -0.2) is 15.0 Å². The second-order valence-electron chi connectivity index (χ2n) is 5.14. The molecular weight excluding hydrogens is 439 g/mol. The van der Waals surface area contributed by atoms with Crippen LogP contribution in [0.2, 0.25) is 0 Å². The third kappa shape index (κ3) is 4.72. The van der Waals surface area contributed by atoms with Crippen LogP contribution in [-0.4, -0.2) is 57.2 Å². The van der Waals surface area contributed by atoms with E-state index in [1.807, 2.05) is 6.07 Å². The second-order valence-corrected chi connectivity index (χ2v) is 6.29. The summed E-state index contributed by atoms with van der Waals surface area (Å²) in [6.45, 7) is 5.84. The summed E-state index contributed by atoms with van der Waals surface area (Å²) in [7, 11) is 0. The molecule has 0 aliphatic carbocycles. The van der Waals surface area contributed by atoms with E-state index in [-0.39, 0.29) is 24.0 Å². The summed E-state index contributed by atoms with van der Waals surface area (Å²) in [6, 6.07) is 1.82. The third-order valence-corrected chi connectivity index (χ3v) is 4.68. The van der Waals surface area contributed by atoms with Crippen molar-refractivity contribution in [3.8, 4) is 0 Å². The summed E-state index contributed by atoms with van der Waals surface area (Å²) in [6.07, 6.45) is 4.43. The number of anilines is 1. The highest BCUT2D eigenvalue weighted by molar-refractivity contribution is 14.0. The van der Waals surface area contributed by atoms with Gasteiger partial charge in [-0.05, 0) is 12.5 Å². The van der Waals surface area contributed by atoms with Crippen LogP contribution in [0.3, 0.4) is 0 Å². The molecule has 0 spiro atoms. The van der Waals surface area contributed by atoms with Crippen LogP contribution in [0.1, 0.15) is 16.9 Å². The lowest BCUT2D eigenvalue weighted by molar-refractivity contribution is 0.378. The molecule has 130 valence electrons. The van der Waals surface area contributed by atoms with E-state index in [0.717, 1.165) is 48.6 Å². The van der Waals surface area contributed by atoms with Gasteiger partial charge in [0.1, 0.15) is 10.0 Å². The van der Waals surface area contributed by atoms with Crippen LogP contribution < -0.4 is 10.6 Å². The van der Waals surface area contributed by atoms with E-state index in [0.29, 0.717) is 12.5 Å². The first-order valence-corrected chi connectivity index (χ1v) is 8.46. The molecule has 10 heteroatoms. The summed E-state index contributed by atoms with van der Waals surface area (Å²) in [5.74, 6) is 1.33. The van der Waals surface area contributed by atoms with Gasteiger partial charge in [-0.1, -0.05) is 18.3 Å². The molecule has 0 bridgehead atoms. The summed E-state index contributed by atoms with van der Waals surface area (Å²) >= 11 is 1.59. The molecule has 1 aliphatic heterocycles. The quantitative estimate of drug-likeness (QED) is 0.416. The highest BCUT2D eigenvalue weighted by Crippen LogP contribution is 2.12. The average molecular weight is 460 g/mol. The average Bonchev–Trinajstić information content (AvgIpc) is 3.09. The van der Waals surface area contributed by atoms with Crippen molar-refractivity contribution in [2.24, 2.45) is 10.7 Å². The topological polar surface area (TPSA) is 96.4 Å². The van der Waals surface area contributed by atoms with Gasteiger partial charge in [0.05, 0.1) is 6.54 Å². The van der Waals surface area contributed by atoms with Gasteiger partial charge in [0.15, 0.2) is 5.96 Å². The lowest BCUT2D eigenvalue weighted by Gasteiger charge is -2.35. The van der Waals surface area contributed by atoms with E-state index in [9.17, 15) is 0 Å². The molecule has 2 aromatic heterocycles. The van der Waals surface area contributed by atoms with Crippen molar-refractivity contribution in [2.75, 3.05) is 31.1 Å². The third-order valence-electron chi connectivity index (χ3n) is 3.63. The molecule has 2 aromatic rings. The molecule has 1 aliphatic rings. The van der Waals surface area contributed by atoms with Crippen molar-refractivity contribution >= 4 is 47.2 Å². The van der Waals surface area contributed by atoms with Gasteiger partial charge in [-0.15, -0.1) is 34.2 Å². The number of aryl methyl sites for hydroxylation is 1. The Balaban J connectivity index is 0.00000208. The number of hydrogen-bond donors (Lipinski definition) is 1. The van der Waals surface area contributed by atoms with E-state index in [1.165, 1.54) is 0 Å². The summed E-state index contributed by atoms with van der Waals surface area (Å²) in [5.41, 5.74) is 6.10. The Morgan fingerprint density at radius 1 is 1.17 bits per heavy atom. The first-order valence-electron chi connectivity index (χ1n) is 7.64. The zero-order valence-corrected chi connectivity index (χ0v) is 16.6. The zero-order chi connectivity index (χ0) is 16.1. The van der Waals surface area contributed by atoms with Crippen LogP contribution in [0.4, 0.5) is 5.95 Å². The molecule has 3 rings (SSSR count). The van der Waals surface area contributed by atoms with Crippen molar-refractivity contribution in [3.05, 3.63) is 28.5 Å². The Morgan fingerprint density at radius 2 is 1.83 bits per heavy atom. The minimum absolute atomic E-state index is 0. The fourth-order valence-corrected chi connectivity index (χ4v) is 3.04. The Hall–Kier alpha value is -1.56.